The van der Waals surface area contributed by atoms with Gasteiger partial charge < -0.3 is 4.90 Å². The fourth-order valence-electron chi connectivity index (χ4n) is 4.44. The molecule has 0 radical (unpaired) electrons. The molecule has 168 valence electrons. The first-order valence-electron chi connectivity index (χ1n) is 11.2. The van der Waals surface area contributed by atoms with Crippen LogP contribution in [0.2, 0.25) is 0 Å². The van der Waals surface area contributed by atoms with E-state index in [1.807, 2.05) is 24.7 Å². The van der Waals surface area contributed by atoms with E-state index in [-0.39, 0.29) is 11.8 Å². The molecule has 0 aliphatic carbocycles. The number of hydrogen-bond acceptors (Lipinski definition) is 5. The number of aryl methyl sites for hydroxylation is 2. The van der Waals surface area contributed by atoms with E-state index in [1.54, 1.807) is 25.2 Å². The number of likely N-dealkylation sites (tertiary alicyclic amines) is 1. The lowest BCUT2D eigenvalue weighted by molar-refractivity contribution is 0.0825. The predicted molar refractivity (Wildman–Crippen MR) is 125 cm³/mol. The van der Waals surface area contributed by atoms with Crippen molar-refractivity contribution in [3.05, 3.63) is 64.9 Å². The Morgan fingerprint density at radius 1 is 1.19 bits per heavy atom. The molecule has 7 heteroatoms. The molecular weight excluding hydrogens is 400 g/mol. The van der Waals surface area contributed by atoms with Crippen molar-refractivity contribution in [2.45, 2.75) is 39.2 Å². The fourth-order valence-corrected chi connectivity index (χ4v) is 4.44. The van der Waals surface area contributed by atoms with Gasteiger partial charge in [0, 0.05) is 63.2 Å². The zero-order chi connectivity index (χ0) is 22.8. The number of nitrogens with zero attached hydrogens (tertiary/aromatic N) is 6. The largest absolute Gasteiger partial charge is 0.345 e. The molecule has 0 saturated carbocycles. The minimum Gasteiger partial charge on any atom is -0.345 e. The number of carbonyl (C=O) groups excluding carboxylic acids is 1. The maximum atomic E-state index is 12.3. The summed E-state index contributed by atoms with van der Waals surface area (Å²) in [5, 5.41) is 4.80. The molecule has 0 bridgehead atoms. The van der Waals surface area contributed by atoms with Gasteiger partial charge in [-0.3, -0.25) is 14.4 Å². The summed E-state index contributed by atoms with van der Waals surface area (Å²) in [7, 11) is 5.51. The van der Waals surface area contributed by atoms with Gasteiger partial charge in [0.15, 0.2) is 0 Å². The summed E-state index contributed by atoms with van der Waals surface area (Å²) in [6.07, 6.45) is 3.86. The van der Waals surface area contributed by atoms with Crippen LogP contribution in [0, 0.1) is 13.8 Å². The summed E-state index contributed by atoms with van der Waals surface area (Å²) in [6.45, 7) is 6.85. The van der Waals surface area contributed by atoms with Gasteiger partial charge in [-0.15, -0.1) is 0 Å². The highest BCUT2D eigenvalue weighted by molar-refractivity contribution is 5.94. The molecule has 0 N–H and O–H groups in total. The van der Waals surface area contributed by atoms with Crippen LogP contribution in [-0.4, -0.2) is 62.6 Å². The summed E-state index contributed by atoms with van der Waals surface area (Å²) < 4.78 is 1.98. The van der Waals surface area contributed by atoms with E-state index in [9.17, 15) is 4.79 Å². The molecule has 1 aliphatic heterocycles. The molecular formula is C25H32N6O. The molecule has 4 rings (SSSR count). The molecule has 1 amide bonds. The van der Waals surface area contributed by atoms with Crippen molar-refractivity contribution in [3.63, 3.8) is 0 Å². The summed E-state index contributed by atoms with van der Waals surface area (Å²) in [4.78, 5) is 25.7. The Labute approximate surface area is 190 Å². The van der Waals surface area contributed by atoms with Gasteiger partial charge in [0.2, 0.25) is 0 Å². The normalized spacial score (nSPS) is 16.8. The monoisotopic (exact) mass is 432 g/mol. The van der Waals surface area contributed by atoms with Gasteiger partial charge in [0.25, 0.3) is 5.91 Å². The smallest absolute Gasteiger partial charge is 0.256 e. The minimum atomic E-state index is -0.0557. The standard InChI is InChI=1S/C25H32N6O/c1-17-21(25(32)29(3)4)14-26-24(27-17)20-12-9-13-31(15-20)16-22-18(2)30(5)28-23(22)19-10-7-6-8-11-19/h6-8,10-11,14,20H,9,12-13,15-16H2,1-5H3. The third-order valence-electron chi connectivity index (χ3n) is 6.39. The minimum absolute atomic E-state index is 0.0557. The van der Waals surface area contributed by atoms with Crippen LogP contribution in [0.25, 0.3) is 11.3 Å². The third kappa shape index (κ3) is 4.43. The fraction of sp³-hybridized carbons (Fsp3) is 0.440. The van der Waals surface area contributed by atoms with Crippen molar-refractivity contribution in [3.8, 4) is 11.3 Å². The molecule has 32 heavy (non-hydrogen) atoms. The van der Waals surface area contributed by atoms with Crippen molar-refractivity contribution >= 4 is 5.91 Å². The molecule has 1 atom stereocenters. The number of benzene rings is 1. The lowest BCUT2D eigenvalue weighted by Crippen LogP contribution is -2.35. The molecule has 2 aromatic heterocycles. The molecule has 3 heterocycles. The number of aromatic nitrogens is 4. The molecule has 3 aromatic rings. The molecule has 1 fully saturated rings. The van der Waals surface area contributed by atoms with E-state index in [0.29, 0.717) is 5.56 Å². The first-order valence-corrected chi connectivity index (χ1v) is 11.2. The van der Waals surface area contributed by atoms with Crippen LogP contribution in [0.3, 0.4) is 0 Å². The van der Waals surface area contributed by atoms with Gasteiger partial charge in [-0.25, -0.2) is 9.97 Å². The summed E-state index contributed by atoms with van der Waals surface area (Å²) in [6, 6.07) is 10.4. The van der Waals surface area contributed by atoms with Crippen molar-refractivity contribution in [2.24, 2.45) is 7.05 Å². The molecule has 1 aliphatic rings. The SMILES string of the molecule is Cc1nc(C2CCCN(Cc3c(-c4ccccc4)nn(C)c3C)C2)ncc1C(=O)N(C)C. The summed E-state index contributed by atoms with van der Waals surface area (Å²) in [5.41, 5.74) is 6.02. The number of amides is 1. The van der Waals surface area contributed by atoms with Crippen molar-refractivity contribution in [2.75, 3.05) is 27.2 Å². The Hall–Kier alpha value is -3.06. The molecule has 7 nitrogen and oxygen atoms in total. The van der Waals surface area contributed by atoms with Gasteiger partial charge in [0.1, 0.15) is 5.82 Å². The second-order valence-electron chi connectivity index (χ2n) is 8.90. The summed E-state index contributed by atoms with van der Waals surface area (Å²) >= 11 is 0. The zero-order valence-corrected chi connectivity index (χ0v) is 19.7. The second-order valence-corrected chi connectivity index (χ2v) is 8.90. The third-order valence-corrected chi connectivity index (χ3v) is 6.39. The van der Waals surface area contributed by atoms with Crippen LogP contribution < -0.4 is 0 Å². The highest BCUT2D eigenvalue weighted by Crippen LogP contribution is 2.30. The molecule has 1 unspecified atom stereocenters. The molecule has 1 saturated heterocycles. The van der Waals surface area contributed by atoms with E-state index < -0.39 is 0 Å². The van der Waals surface area contributed by atoms with Gasteiger partial charge in [-0.2, -0.15) is 5.10 Å². The highest BCUT2D eigenvalue weighted by Gasteiger charge is 2.26. The van der Waals surface area contributed by atoms with Gasteiger partial charge in [-0.05, 0) is 33.2 Å². The van der Waals surface area contributed by atoms with Gasteiger partial charge in [0.05, 0.1) is 17.0 Å². The van der Waals surface area contributed by atoms with Gasteiger partial charge >= 0.3 is 0 Å². The highest BCUT2D eigenvalue weighted by atomic mass is 16.2. The predicted octanol–water partition coefficient (Wildman–Crippen LogP) is 3.58. The van der Waals surface area contributed by atoms with E-state index in [4.69, 9.17) is 10.1 Å². The summed E-state index contributed by atoms with van der Waals surface area (Å²) in [5.74, 6) is 1.05. The van der Waals surface area contributed by atoms with Crippen LogP contribution in [-0.2, 0) is 13.6 Å². The maximum Gasteiger partial charge on any atom is 0.256 e. The number of rotatable bonds is 5. The van der Waals surface area contributed by atoms with E-state index >= 15 is 0 Å². The average molecular weight is 433 g/mol. The van der Waals surface area contributed by atoms with E-state index in [0.717, 1.165) is 55.3 Å². The molecule has 0 spiro atoms. The quantitative estimate of drug-likeness (QED) is 0.617. The van der Waals surface area contributed by atoms with E-state index in [2.05, 4.69) is 41.1 Å². The van der Waals surface area contributed by atoms with Crippen molar-refractivity contribution in [1.82, 2.24) is 29.5 Å². The first kappa shape index (κ1) is 22.1. The number of carbonyl (C=O) groups is 1. The van der Waals surface area contributed by atoms with Gasteiger partial charge in [-0.1, -0.05) is 30.3 Å². The van der Waals surface area contributed by atoms with Crippen LogP contribution >= 0.6 is 0 Å². The van der Waals surface area contributed by atoms with Crippen molar-refractivity contribution in [1.29, 1.82) is 0 Å². The Bertz CT molecular complexity index is 1110. The Morgan fingerprint density at radius 3 is 2.62 bits per heavy atom. The first-order chi connectivity index (χ1) is 15.3. The Balaban J connectivity index is 1.54. The van der Waals surface area contributed by atoms with Crippen LogP contribution in [0.4, 0.5) is 0 Å². The Morgan fingerprint density at radius 2 is 1.94 bits per heavy atom. The lowest BCUT2D eigenvalue weighted by atomic mass is 9.96. The average Bonchev–Trinajstić information content (AvgIpc) is 3.07. The lowest BCUT2D eigenvalue weighted by Gasteiger charge is -2.32. The van der Waals surface area contributed by atoms with E-state index in [1.165, 1.54) is 11.3 Å². The second kappa shape index (κ2) is 9.20. The number of piperidine rings is 1. The van der Waals surface area contributed by atoms with Crippen LogP contribution in [0.15, 0.2) is 36.5 Å². The topological polar surface area (TPSA) is 67.2 Å². The zero-order valence-electron chi connectivity index (χ0n) is 19.7. The maximum absolute atomic E-state index is 12.3. The van der Waals surface area contributed by atoms with Crippen LogP contribution in [0.1, 0.15) is 51.9 Å². The van der Waals surface area contributed by atoms with Crippen LogP contribution in [0.5, 0.6) is 0 Å². The molecule has 1 aromatic carbocycles. The van der Waals surface area contributed by atoms with Crippen molar-refractivity contribution < 1.29 is 4.79 Å². The number of hydrogen-bond donors (Lipinski definition) is 0. The Kier molecular flexibility index (Phi) is 6.37.